The van der Waals surface area contributed by atoms with Crippen LogP contribution < -0.4 is 11.1 Å². The number of hydrogen-bond acceptors (Lipinski definition) is 5. The number of imidazole rings is 1. The largest absolute Gasteiger partial charge is 0.351 e. The lowest BCUT2D eigenvalue weighted by molar-refractivity contribution is -0.139. The van der Waals surface area contributed by atoms with Crippen molar-refractivity contribution >= 4 is 18.1 Å². The molecule has 2 aromatic rings. The van der Waals surface area contributed by atoms with Gasteiger partial charge in [-0.25, -0.2) is 4.98 Å². The third-order valence-corrected chi connectivity index (χ3v) is 4.88. The highest BCUT2D eigenvalue weighted by Gasteiger charge is 2.37. The summed E-state index contributed by atoms with van der Waals surface area (Å²) in [4.78, 5) is 45.2. The summed E-state index contributed by atoms with van der Waals surface area (Å²) in [6.07, 6.45) is 7.01. The molecule has 0 unspecified atom stereocenters. The summed E-state index contributed by atoms with van der Waals surface area (Å²) >= 11 is 0. The highest BCUT2D eigenvalue weighted by atomic mass is 16.2. The summed E-state index contributed by atoms with van der Waals surface area (Å²) in [5, 5.41) is 2.71. The second-order valence-electron chi connectivity index (χ2n) is 6.93. The Hall–Kier alpha value is -3.00. The molecule has 4 N–H and O–H groups in total. The van der Waals surface area contributed by atoms with Gasteiger partial charge in [0.2, 0.25) is 18.1 Å². The van der Waals surface area contributed by atoms with Gasteiger partial charge in [-0.1, -0.05) is 30.3 Å². The van der Waals surface area contributed by atoms with Crippen molar-refractivity contribution in [2.75, 3.05) is 6.54 Å². The van der Waals surface area contributed by atoms with Crippen molar-refractivity contribution < 1.29 is 14.4 Å². The first-order chi connectivity index (χ1) is 13.6. The fourth-order valence-corrected chi connectivity index (χ4v) is 3.47. The van der Waals surface area contributed by atoms with E-state index in [4.69, 9.17) is 5.73 Å². The van der Waals surface area contributed by atoms with Gasteiger partial charge in [-0.05, 0) is 18.4 Å². The number of rotatable bonds is 8. The van der Waals surface area contributed by atoms with Gasteiger partial charge < -0.3 is 20.9 Å². The normalized spacial score (nSPS) is 18.5. The van der Waals surface area contributed by atoms with Crippen LogP contribution in [0.15, 0.2) is 42.9 Å². The van der Waals surface area contributed by atoms with E-state index in [0.29, 0.717) is 37.9 Å². The molecule has 2 heterocycles. The lowest BCUT2D eigenvalue weighted by Crippen LogP contribution is -2.53. The van der Waals surface area contributed by atoms with Gasteiger partial charge in [0.1, 0.15) is 6.04 Å². The molecule has 0 saturated carbocycles. The van der Waals surface area contributed by atoms with Gasteiger partial charge in [0, 0.05) is 25.6 Å². The highest BCUT2D eigenvalue weighted by Crippen LogP contribution is 2.19. The number of aromatic amines is 1. The van der Waals surface area contributed by atoms with Gasteiger partial charge in [0.15, 0.2) is 0 Å². The van der Waals surface area contributed by atoms with E-state index in [1.165, 1.54) is 11.2 Å². The Morgan fingerprint density at radius 3 is 2.79 bits per heavy atom. The number of nitrogens with one attached hydrogen (secondary N) is 2. The Labute approximate surface area is 163 Å². The number of amides is 2. The van der Waals surface area contributed by atoms with Crippen LogP contribution in [0.2, 0.25) is 0 Å². The van der Waals surface area contributed by atoms with E-state index in [1.54, 1.807) is 6.20 Å². The first-order valence-corrected chi connectivity index (χ1v) is 9.34. The number of H-pyrrole nitrogens is 1. The summed E-state index contributed by atoms with van der Waals surface area (Å²) in [5.74, 6) is -0.627. The lowest BCUT2D eigenvalue weighted by Gasteiger charge is -2.27. The molecule has 1 aliphatic rings. The third kappa shape index (κ3) is 4.83. The van der Waals surface area contributed by atoms with Gasteiger partial charge in [0.25, 0.3) is 0 Å². The van der Waals surface area contributed by atoms with Gasteiger partial charge >= 0.3 is 0 Å². The van der Waals surface area contributed by atoms with Crippen LogP contribution in [0.1, 0.15) is 24.1 Å². The van der Waals surface area contributed by atoms with E-state index in [2.05, 4.69) is 15.3 Å². The molecular weight excluding hydrogens is 358 g/mol. The molecule has 1 aromatic heterocycles. The fourth-order valence-electron chi connectivity index (χ4n) is 3.47. The van der Waals surface area contributed by atoms with Crippen molar-refractivity contribution in [1.29, 1.82) is 0 Å². The maximum Gasteiger partial charge on any atom is 0.243 e. The van der Waals surface area contributed by atoms with Crippen molar-refractivity contribution in [3.63, 3.8) is 0 Å². The Balaban J connectivity index is 1.60. The topological polar surface area (TPSA) is 121 Å². The predicted octanol–water partition coefficient (Wildman–Crippen LogP) is 0.108. The van der Waals surface area contributed by atoms with Crippen molar-refractivity contribution in [2.24, 2.45) is 5.73 Å². The molecule has 3 atom stereocenters. The lowest BCUT2D eigenvalue weighted by atomic mass is 10.1. The zero-order valence-electron chi connectivity index (χ0n) is 15.5. The van der Waals surface area contributed by atoms with E-state index in [0.717, 1.165) is 5.56 Å². The van der Waals surface area contributed by atoms with Crippen LogP contribution in [0.5, 0.6) is 0 Å². The first kappa shape index (κ1) is 19.8. The molecule has 3 rings (SSSR count). The van der Waals surface area contributed by atoms with Crippen LogP contribution in [0.25, 0.3) is 0 Å². The van der Waals surface area contributed by atoms with E-state index in [1.807, 2.05) is 36.6 Å². The van der Waals surface area contributed by atoms with Crippen LogP contribution in [0.3, 0.4) is 0 Å². The van der Waals surface area contributed by atoms with Crippen molar-refractivity contribution in [2.45, 2.75) is 43.8 Å². The summed E-state index contributed by atoms with van der Waals surface area (Å²) < 4.78 is 0. The number of nitrogens with zero attached hydrogens (tertiary/aromatic N) is 2. The number of carbonyl (C=O) groups excluding carboxylic acids is 3. The molecule has 1 aromatic carbocycles. The maximum atomic E-state index is 12.7. The average Bonchev–Trinajstić information content (AvgIpc) is 3.39. The minimum absolute atomic E-state index is 0.282. The highest BCUT2D eigenvalue weighted by molar-refractivity contribution is 5.91. The van der Waals surface area contributed by atoms with Gasteiger partial charge in [-0.3, -0.25) is 14.4 Å². The number of likely N-dealkylation sites (tertiary alicyclic amines) is 1. The Bertz CT molecular complexity index is 793. The molecule has 2 amide bonds. The molecule has 1 saturated heterocycles. The average molecular weight is 382 g/mol. The van der Waals surface area contributed by atoms with Crippen LogP contribution >= 0.6 is 0 Å². The molecule has 8 heteroatoms. The zero-order chi connectivity index (χ0) is 19.9. The molecule has 0 aliphatic carbocycles. The molecule has 0 bridgehead atoms. The standard InChI is InChI=1S/C20H24N5O3/c21-17(10-15-11-22-13-23-15)20(28)25-8-4-7-18(25)19(27)24-16(12-26)9-14-5-2-1-3-6-14/h1-3,5-6,11,13,16-18H,4,7-10,21H2,(H,22,23)(H,24,27)/t16-,17-,18-/m0/s1. The minimum atomic E-state index is -0.769. The quantitative estimate of drug-likeness (QED) is 0.598. The van der Waals surface area contributed by atoms with E-state index >= 15 is 0 Å². The Morgan fingerprint density at radius 2 is 2.11 bits per heavy atom. The van der Waals surface area contributed by atoms with Crippen LogP contribution in [-0.4, -0.2) is 57.6 Å². The smallest absolute Gasteiger partial charge is 0.243 e. The third-order valence-electron chi connectivity index (χ3n) is 4.88. The molecule has 0 spiro atoms. The minimum Gasteiger partial charge on any atom is -0.351 e. The second kappa shape index (κ2) is 9.27. The molecule has 147 valence electrons. The molecule has 8 nitrogen and oxygen atoms in total. The maximum absolute atomic E-state index is 12.7. The summed E-state index contributed by atoms with van der Waals surface area (Å²) in [7, 11) is 0. The summed E-state index contributed by atoms with van der Waals surface area (Å²) in [6.45, 7) is 0.472. The Kier molecular flexibility index (Phi) is 6.54. The predicted molar refractivity (Wildman–Crippen MR) is 103 cm³/mol. The summed E-state index contributed by atoms with van der Waals surface area (Å²) in [6, 6.07) is 7.25. The van der Waals surface area contributed by atoms with Gasteiger partial charge in [-0.15, -0.1) is 0 Å². The number of carbonyl (C=O) groups is 2. The molecule has 28 heavy (non-hydrogen) atoms. The van der Waals surface area contributed by atoms with Gasteiger partial charge in [-0.2, -0.15) is 0 Å². The van der Waals surface area contributed by atoms with Crippen molar-refractivity contribution in [1.82, 2.24) is 20.2 Å². The summed E-state index contributed by atoms with van der Waals surface area (Å²) in [5.41, 5.74) is 7.66. The molecule has 1 radical (unpaired) electrons. The van der Waals surface area contributed by atoms with Crippen LogP contribution in [0.4, 0.5) is 0 Å². The van der Waals surface area contributed by atoms with E-state index in [9.17, 15) is 14.4 Å². The fraction of sp³-hybridized carbons (Fsp3) is 0.400. The van der Waals surface area contributed by atoms with Crippen molar-refractivity contribution in [3.8, 4) is 0 Å². The van der Waals surface area contributed by atoms with E-state index in [-0.39, 0.29) is 11.8 Å². The number of hydrogen-bond donors (Lipinski definition) is 3. The molecular formula is C20H24N5O3. The number of benzene rings is 1. The molecule has 1 fully saturated rings. The van der Waals surface area contributed by atoms with E-state index < -0.39 is 18.1 Å². The monoisotopic (exact) mass is 382 g/mol. The number of nitrogens with two attached hydrogens (primary N) is 1. The van der Waals surface area contributed by atoms with Crippen LogP contribution in [0, 0.1) is 0 Å². The second-order valence-corrected chi connectivity index (χ2v) is 6.93. The Morgan fingerprint density at radius 1 is 1.32 bits per heavy atom. The van der Waals surface area contributed by atoms with Crippen molar-refractivity contribution in [3.05, 3.63) is 54.1 Å². The molecule has 1 aliphatic heterocycles. The zero-order valence-corrected chi connectivity index (χ0v) is 15.5. The first-order valence-electron chi connectivity index (χ1n) is 9.34. The SMILES string of the molecule is N[C@@H](Cc1c[nH]cn1)C(=O)N1CCC[C@H]1C(=O)N[C@H]([C]=O)Cc1ccccc1. The van der Waals surface area contributed by atoms with Gasteiger partial charge in [0.05, 0.1) is 24.1 Å². The number of aromatic nitrogens is 2. The van der Waals surface area contributed by atoms with Crippen LogP contribution in [-0.2, 0) is 27.2 Å².